The summed E-state index contributed by atoms with van der Waals surface area (Å²) in [7, 11) is 0. The van der Waals surface area contributed by atoms with Crippen molar-refractivity contribution in [2.24, 2.45) is 0 Å². The van der Waals surface area contributed by atoms with Gasteiger partial charge in [0.25, 0.3) is 0 Å². The molecule has 4 heteroatoms. The van der Waals surface area contributed by atoms with Gasteiger partial charge in [0.2, 0.25) is 0 Å². The fourth-order valence-electron chi connectivity index (χ4n) is 0.813. The fraction of sp³-hybridized carbons (Fsp3) is 0.500. The molecule has 0 aliphatic rings. The molecule has 1 unspecified atom stereocenters. The number of nitrogens with one attached hydrogen (secondary N) is 1. The number of rotatable bonds is 4. The van der Waals surface area contributed by atoms with E-state index in [2.05, 4.69) is 16.4 Å². The maximum Gasteiger partial charge on any atom is 0.0794 e. The van der Waals surface area contributed by atoms with Crippen LogP contribution in [0, 0.1) is 11.3 Å². The van der Waals surface area contributed by atoms with Gasteiger partial charge in [-0.15, -0.1) is 11.3 Å². The highest BCUT2D eigenvalue weighted by Gasteiger charge is 2.00. The highest BCUT2D eigenvalue weighted by molar-refractivity contribution is 7.09. The van der Waals surface area contributed by atoms with Gasteiger partial charge in [-0.3, -0.25) is 4.98 Å². The molecule has 1 rings (SSSR count). The summed E-state index contributed by atoms with van der Waals surface area (Å²) < 4.78 is 0. The highest BCUT2D eigenvalue weighted by atomic mass is 32.1. The van der Waals surface area contributed by atoms with Crippen molar-refractivity contribution < 1.29 is 0 Å². The molecule has 1 aromatic heterocycles. The number of hydrogen-bond donors (Lipinski definition) is 1. The first-order valence-corrected chi connectivity index (χ1v) is 4.68. The lowest BCUT2D eigenvalue weighted by Gasteiger charge is -2.07. The first-order chi connectivity index (χ1) is 5.83. The van der Waals surface area contributed by atoms with Gasteiger partial charge in [0.1, 0.15) is 0 Å². The van der Waals surface area contributed by atoms with E-state index >= 15 is 0 Å². The third-order valence-electron chi connectivity index (χ3n) is 1.51. The van der Waals surface area contributed by atoms with Crippen molar-refractivity contribution in [3.63, 3.8) is 0 Å². The largest absolute Gasteiger partial charge is 0.308 e. The second kappa shape index (κ2) is 4.86. The molecule has 0 saturated carbocycles. The van der Waals surface area contributed by atoms with Gasteiger partial charge in [0, 0.05) is 23.7 Å². The summed E-state index contributed by atoms with van der Waals surface area (Å²) in [5.41, 5.74) is 1.81. The number of aromatic nitrogens is 1. The molecule has 64 valence electrons. The molecule has 3 nitrogen and oxygen atoms in total. The van der Waals surface area contributed by atoms with Crippen LogP contribution in [0.25, 0.3) is 0 Å². The first kappa shape index (κ1) is 9.17. The average Bonchev–Trinajstić information content (AvgIpc) is 2.53. The molecule has 0 aliphatic heterocycles. The second-order valence-electron chi connectivity index (χ2n) is 2.61. The van der Waals surface area contributed by atoms with Gasteiger partial charge in [-0.1, -0.05) is 0 Å². The van der Waals surface area contributed by atoms with Crippen LogP contribution >= 0.6 is 11.3 Å². The van der Waals surface area contributed by atoms with Crippen molar-refractivity contribution in [2.75, 3.05) is 0 Å². The van der Waals surface area contributed by atoms with E-state index < -0.39 is 0 Å². The molecular weight excluding hydrogens is 170 g/mol. The van der Waals surface area contributed by atoms with Crippen LogP contribution in [0.1, 0.15) is 18.2 Å². The molecule has 0 aliphatic carbocycles. The SMILES string of the molecule is CC(CC#N)NCc1cncs1. The van der Waals surface area contributed by atoms with Gasteiger partial charge in [0.15, 0.2) is 0 Å². The van der Waals surface area contributed by atoms with Crippen molar-refractivity contribution in [1.82, 2.24) is 10.3 Å². The van der Waals surface area contributed by atoms with E-state index in [-0.39, 0.29) is 6.04 Å². The van der Waals surface area contributed by atoms with E-state index in [1.165, 1.54) is 4.88 Å². The van der Waals surface area contributed by atoms with Gasteiger partial charge >= 0.3 is 0 Å². The Morgan fingerprint density at radius 3 is 3.25 bits per heavy atom. The third-order valence-corrected chi connectivity index (χ3v) is 2.29. The Morgan fingerprint density at radius 2 is 2.67 bits per heavy atom. The average molecular weight is 181 g/mol. The predicted molar refractivity (Wildman–Crippen MR) is 48.6 cm³/mol. The van der Waals surface area contributed by atoms with E-state index in [0.29, 0.717) is 6.42 Å². The second-order valence-corrected chi connectivity index (χ2v) is 3.58. The first-order valence-electron chi connectivity index (χ1n) is 3.80. The highest BCUT2D eigenvalue weighted by Crippen LogP contribution is 2.04. The maximum absolute atomic E-state index is 8.39. The summed E-state index contributed by atoms with van der Waals surface area (Å²) in [6.07, 6.45) is 2.40. The van der Waals surface area contributed by atoms with Crippen LogP contribution < -0.4 is 5.32 Å². The zero-order valence-electron chi connectivity index (χ0n) is 6.95. The van der Waals surface area contributed by atoms with E-state index in [0.717, 1.165) is 6.54 Å². The summed E-state index contributed by atoms with van der Waals surface area (Å²) in [6, 6.07) is 2.38. The zero-order valence-corrected chi connectivity index (χ0v) is 7.77. The summed E-state index contributed by atoms with van der Waals surface area (Å²) in [6.45, 7) is 2.82. The minimum Gasteiger partial charge on any atom is -0.308 e. The molecule has 0 bridgehead atoms. The van der Waals surface area contributed by atoms with E-state index in [1.807, 2.05) is 18.6 Å². The van der Waals surface area contributed by atoms with Crippen LogP contribution in [0.15, 0.2) is 11.7 Å². The van der Waals surface area contributed by atoms with Gasteiger partial charge in [-0.05, 0) is 6.92 Å². The molecule has 0 amide bonds. The van der Waals surface area contributed by atoms with Crippen LogP contribution in [0.3, 0.4) is 0 Å². The minimum atomic E-state index is 0.261. The summed E-state index contributed by atoms with van der Waals surface area (Å²) >= 11 is 1.63. The lowest BCUT2D eigenvalue weighted by molar-refractivity contribution is 0.560. The third kappa shape index (κ3) is 2.99. The summed E-state index contributed by atoms with van der Waals surface area (Å²) in [4.78, 5) is 5.17. The number of nitrogens with zero attached hydrogens (tertiary/aromatic N) is 2. The van der Waals surface area contributed by atoms with Crippen LogP contribution in [0.5, 0.6) is 0 Å². The number of nitriles is 1. The Labute approximate surface area is 76.1 Å². The molecule has 0 spiro atoms. The quantitative estimate of drug-likeness (QED) is 0.766. The lowest BCUT2D eigenvalue weighted by atomic mass is 10.2. The van der Waals surface area contributed by atoms with Crippen LogP contribution in [0.4, 0.5) is 0 Å². The van der Waals surface area contributed by atoms with E-state index in [4.69, 9.17) is 5.26 Å². The molecule has 12 heavy (non-hydrogen) atoms. The van der Waals surface area contributed by atoms with Gasteiger partial charge in [-0.2, -0.15) is 5.26 Å². The molecule has 0 aromatic carbocycles. The Bertz CT molecular complexity index is 250. The number of thiazole rings is 1. The predicted octanol–water partition coefficient (Wildman–Crippen LogP) is 1.53. The Kier molecular flexibility index (Phi) is 3.71. The molecule has 1 N–H and O–H groups in total. The number of hydrogen-bond acceptors (Lipinski definition) is 4. The van der Waals surface area contributed by atoms with Crippen molar-refractivity contribution in [3.05, 3.63) is 16.6 Å². The summed E-state index contributed by atoms with van der Waals surface area (Å²) in [5.74, 6) is 0. The van der Waals surface area contributed by atoms with Crippen molar-refractivity contribution in [2.45, 2.75) is 25.9 Å². The van der Waals surface area contributed by atoms with Crippen LogP contribution in [-0.4, -0.2) is 11.0 Å². The molecule has 0 radical (unpaired) electrons. The molecule has 1 aromatic rings. The van der Waals surface area contributed by atoms with Gasteiger partial charge < -0.3 is 5.32 Å². The van der Waals surface area contributed by atoms with Gasteiger partial charge in [0.05, 0.1) is 18.0 Å². The van der Waals surface area contributed by atoms with Crippen LogP contribution in [-0.2, 0) is 6.54 Å². The maximum atomic E-state index is 8.39. The van der Waals surface area contributed by atoms with E-state index in [9.17, 15) is 0 Å². The van der Waals surface area contributed by atoms with Crippen molar-refractivity contribution in [1.29, 1.82) is 5.26 Å². The Morgan fingerprint density at radius 1 is 1.83 bits per heavy atom. The molecular formula is C8H11N3S. The standard InChI is InChI=1S/C8H11N3S/c1-7(2-3-9)11-5-8-4-10-6-12-8/h4,6-7,11H,2,5H2,1H3. The van der Waals surface area contributed by atoms with Crippen molar-refractivity contribution >= 4 is 11.3 Å². The molecule has 1 heterocycles. The molecule has 0 fully saturated rings. The monoisotopic (exact) mass is 181 g/mol. The topological polar surface area (TPSA) is 48.7 Å². The Balaban J connectivity index is 2.23. The smallest absolute Gasteiger partial charge is 0.0794 e. The Hall–Kier alpha value is -0.920. The zero-order chi connectivity index (χ0) is 8.81. The molecule has 1 atom stereocenters. The van der Waals surface area contributed by atoms with E-state index in [1.54, 1.807) is 11.3 Å². The van der Waals surface area contributed by atoms with Crippen LogP contribution in [0.2, 0.25) is 0 Å². The normalized spacial score (nSPS) is 12.3. The lowest BCUT2D eigenvalue weighted by Crippen LogP contribution is -2.24. The minimum absolute atomic E-state index is 0.261. The van der Waals surface area contributed by atoms with Gasteiger partial charge in [-0.25, -0.2) is 0 Å². The summed E-state index contributed by atoms with van der Waals surface area (Å²) in [5, 5.41) is 11.6. The fourth-order valence-corrected chi connectivity index (χ4v) is 1.36. The molecule has 0 saturated heterocycles. The van der Waals surface area contributed by atoms with Crippen molar-refractivity contribution in [3.8, 4) is 6.07 Å².